The first-order chi connectivity index (χ1) is 4.36. The number of fused-ring (bicyclic) bond motifs is 1. The fourth-order valence-electron chi connectivity index (χ4n) is 0.912. The fourth-order valence-corrected chi connectivity index (χ4v) is 0.912. The summed E-state index contributed by atoms with van der Waals surface area (Å²) in [5, 5.41) is 4.07. The highest BCUT2D eigenvalue weighted by Crippen LogP contribution is 2.12. The van der Waals surface area contributed by atoms with E-state index in [1.165, 1.54) is 0 Å². The van der Waals surface area contributed by atoms with Crippen LogP contribution in [0.4, 0.5) is 0 Å². The number of nitrogens with zero attached hydrogens (tertiary/aromatic N) is 3. The van der Waals surface area contributed by atoms with E-state index in [-0.39, 0.29) is 0 Å². The number of hydrogen-bond acceptors (Lipinski definition) is 3. The lowest BCUT2D eigenvalue weighted by Gasteiger charge is -1.83. The molecule has 2 rings (SSSR count). The third-order valence-corrected chi connectivity index (χ3v) is 1.28. The van der Waals surface area contributed by atoms with Gasteiger partial charge in [0.15, 0.2) is 5.82 Å². The van der Waals surface area contributed by atoms with Gasteiger partial charge in [-0.2, -0.15) is 10.1 Å². The van der Waals surface area contributed by atoms with Gasteiger partial charge in [0.1, 0.15) is 6.61 Å². The minimum absolute atomic E-state index is 0.660. The zero-order valence-corrected chi connectivity index (χ0v) is 5.16. The predicted octanol–water partition coefficient (Wildman–Crippen LogP) is -0.0211. The zero-order chi connectivity index (χ0) is 6.27. The maximum Gasteiger partial charge on any atom is 0.315 e. The Kier molecular flexibility index (Phi) is 0.777. The van der Waals surface area contributed by atoms with E-state index >= 15 is 0 Å². The molecule has 0 saturated carbocycles. The molecule has 0 saturated heterocycles. The third-order valence-electron chi connectivity index (χ3n) is 1.28. The largest absolute Gasteiger partial charge is 0.462 e. The zero-order valence-electron chi connectivity index (χ0n) is 5.16. The first-order valence-electron chi connectivity index (χ1n) is 2.90. The van der Waals surface area contributed by atoms with Crippen LogP contribution in [0.1, 0.15) is 5.82 Å². The summed E-state index contributed by atoms with van der Waals surface area (Å²) in [6.45, 7) is 3.42. The van der Waals surface area contributed by atoms with Crippen molar-refractivity contribution in [2.75, 3.05) is 6.61 Å². The molecular formula is C5H7N3O. The summed E-state index contributed by atoms with van der Waals surface area (Å²) in [5.74, 6) is 0.782. The van der Waals surface area contributed by atoms with Crippen LogP contribution in [0.3, 0.4) is 0 Å². The molecule has 0 bridgehead atoms. The van der Waals surface area contributed by atoms with Crippen molar-refractivity contribution in [2.24, 2.45) is 0 Å². The van der Waals surface area contributed by atoms with E-state index in [0.717, 1.165) is 19.0 Å². The average molecular weight is 125 g/mol. The van der Waals surface area contributed by atoms with Gasteiger partial charge in [0.2, 0.25) is 0 Å². The van der Waals surface area contributed by atoms with Gasteiger partial charge in [-0.1, -0.05) is 0 Å². The van der Waals surface area contributed by atoms with E-state index in [0.29, 0.717) is 6.01 Å². The monoisotopic (exact) mass is 125 g/mol. The molecule has 0 fully saturated rings. The molecule has 48 valence electrons. The molecular weight excluding hydrogens is 118 g/mol. The molecule has 4 nitrogen and oxygen atoms in total. The first-order valence-corrected chi connectivity index (χ1v) is 2.90. The van der Waals surface area contributed by atoms with Crippen molar-refractivity contribution in [3.63, 3.8) is 0 Å². The maximum absolute atomic E-state index is 5.11. The van der Waals surface area contributed by atoms with Gasteiger partial charge in [-0.25, -0.2) is 4.68 Å². The van der Waals surface area contributed by atoms with Crippen molar-refractivity contribution >= 4 is 0 Å². The summed E-state index contributed by atoms with van der Waals surface area (Å²) in [5.41, 5.74) is 0. The molecule has 1 aromatic rings. The molecule has 4 heteroatoms. The van der Waals surface area contributed by atoms with E-state index in [9.17, 15) is 0 Å². The lowest BCUT2D eigenvalue weighted by molar-refractivity contribution is 0.344. The Balaban J connectivity index is 2.51. The molecule has 0 amide bonds. The summed E-state index contributed by atoms with van der Waals surface area (Å²) in [6, 6.07) is 0.660. The predicted molar refractivity (Wildman–Crippen MR) is 30.3 cm³/mol. The standard InChI is InChI=1S/C5H7N3O/c1-4-6-5-8(7-4)2-3-9-5/h2-3H2,1H3. The van der Waals surface area contributed by atoms with Crippen molar-refractivity contribution in [1.29, 1.82) is 0 Å². The number of rotatable bonds is 0. The quantitative estimate of drug-likeness (QED) is 0.489. The average Bonchev–Trinajstić information content (AvgIpc) is 2.22. The second-order valence-electron chi connectivity index (χ2n) is 2.01. The van der Waals surface area contributed by atoms with Gasteiger partial charge >= 0.3 is 6.01 Å². The van der Waals surface area contributed by atoms with E-state index in [1.54, 1.807) is 4.68 Å². The number of aryl methyl sites for hydroxylation is 1. The van der Waals surface area contributed by atoms with Crippen molar-refractivity contribution in [3.8, 4) is 6.01 Å². The highest BCUT2D eigenvalue weighted by atomic mass is 16.5. The molecule has 2 heterocycles. The lowest BCUT2D eigenvalue weighted by Crippen LogP contribution is -1.95. The van der Waals surface area contributed by atoms with Crippen molar-refractivity contribution in [2.45, 2.75) is 13.5 Å². The SMILES string of the molecule is Cc1nc2n(n1)CCO2. The van der Waals surface area contributed by atoms with Gasteiger partial charge in [-0.3, -0.25) is 0 Å². The molecule has 0 unspecified atom stereocenters. The molecule has 0 N–H and O–H groups in total. The topological polar surface area (TPSA) is 39.9 Å². The van der Waals surface area contributed by atoms with Crippen LogP contribution in [-0.2, 0) is 6.54 Å². The van der Waals surface area contributed by atoms with E-state index in [4.69, 9.17) is 4.74 Å². The Labute approximate surface area is 52.5 Å². The van der Waals surface area contributed by atoms with E-state index < -0.39 is 0 Å². The summed E-state index contributed by atoms with van der Waals surface area (Å²) in [6.07, 6.45) is 0. The molecule has 1 aliphatic heterocycles. The van der Waals surface area contributed by atoms with Crippen LogP contribution in [0.5, 0.6) is 6.01 Å². The highest BCUT2D eigenvalue weighted by Gasteiger charge is 2.13. The summed E-state index contributed by atoms with van der Waals surface area (Å²) in [7, 11) is 0. The summed E-state index contributed by atoms with van der Waals surface area (Å²) in [4.78, 5) is 4.02. The normalized spacial score (nSPS) is 15.2. The molecule has 0 atom stereocenters. The van der Waals surface area contributed by atoms with Gasteiger partial charge in [0.25, 0.3) is 0 Å². The smallest absolute Gasteiger partial charge is 0.315 e. The second-order valence-corrected chi connectivity index (χ2v) is 2.01. The third kappa shape index (κ3) is 0.590. The summed E-state index contributed by atoms with van der Waals surface area (Å²) >= 11 is 0. The lowest BCUT2D eigenvalue weighted by atomic mass is 10.7. The Morgan fingerprint density at radius 1 is 1.67 bits per heavy atom. The van der Waals surface area contributed by atoms with Gasteiger partial charge in [-0.05, 0) is 6.92 Å². The van der Waals surface area contributed by atoms with E-state index in [2.05, 4.69) is 10.1 Å². The van der Waals surface area contributed by atoms with Crippen LogP contribution >= 0.6 is 0 Å². The summed E-state index contributed by atoms with van der Waals surface area (Å²) < 4.78 is 6.88. The van der Waals surface area contributed by atoms with E-state index in [1.807, 2.05) is 6.92 Å². The van der Waals surface area contributed by atoms with Crippen LogP contribution in [0.2, 0.25) is 0 Å². The fraction of sp³-hybridized carbons (Fsp3) is 0.600. The van der Waals surface area contributed by atoms with Crippen LogP contribution in [0, 0.1) is 6.92 Å². The van der Waals surface area contributed by atoms with Crippen molar-refractivity contribution in [1.82, 2.24) is 14.8 Å². The van der Waals surface area contributed by atoms with Crippen LogP contribution in [-0.4, -0.2) is 21.4 Å². The van der Waals surface area contributed by atoms with Gasteiger partial charge < -0.3 is 4.74 Å². The molecule has 1 aromatic heterocycles. The molecule has 0 spiro atoms. The first kappa shape index (κ1) is 4.78. The Hall–Kier alpha value is -1.06. The molecule has 0 aromatic carbocycles. The Bertz CT molecular complexity index is 209. The number of ether oxygens (including phenoxy) is 1. The number of aromatic nitrogens is 3. The molecule has 0 aliphatic carbocycles. The van der Waals surface area contributed by atoms with Crippen molar-refractivity contribution < 1.29 is 4.74 Å². The van der Waals surface area contributed by atoms with Crippen LogP contribution < -0.4 is 4.74 Å². The van der Waals surface area contributed by atoms with Crippen molar-refractivity contribution in [3.05, 3.63) is 5.82 Å². The van der Waals surface area contributed by atoms with Gasteiger partial charge in [-0.15, -0.1) is 0 Å². The molecule has 1 aliphatic rings. The highest BCUT2D eigenvalue weighted by molar-refractivity contribution is 4.99. The minimum atomic E-state index is 0.660. The van der Waals surface area contributed by atoms with Crippen LogP contribution in [0.25, 0.3) is 0 Å². The second kappa shape index (κ2) is 1.46. The Morgan fingerprint density at radius 2 is 2.56 bits per heavy atom. The molecule has 0 radical (unpaired) electrons. The maximum atomic E-state index is 5.11. The molecule has 9 heavy (non-hydrogen) atoms. The number of hydrogen-bond donors (Lipinski definition) is 0. The Morgan fingerprint density at radius 3 is 3.33 bits per heavy atom. The van der Waals surface area contributed by atoms with Crippen LogP contribution in [0.15, 0.2) is 0 Å². The van der Waals surface area contributed by atoms with Gasteiger partial charge in [0.05, 0.1) is 6.54 Å². The minimum Gasteiger partial charge on any atom is -0.462 e. The van der Waals surface area contributed by atoms with Gasteiger partial charge in [0, 0.05) is 0 Å².